The van der Waals surface area contributed by atoms with Crippen LogP contribution in [0.1, 0.15) is 40.0 Å². The minimum absolute atomic E-state index is 0.160. The van der Waals surface area contributed by atoms with Crippen LogP contribution < -0.4 is 0 Å². The van der Waals surface area contributed by atoms with Gasteiger partial charge in [0, 0.05) is 12.5 Å². The molecule has 0 aromatic carbocycles. The summed E-state index contributed by atoms with van der Waals surface area (Å²) in [5.41, 5.74) is 0. The zero-order chi connectivity index (χ0) is 9.84. The van der Waals surface area contributed by atoms with Crippen molar-refractivity contribution in [3.63, 3.8) is 0 Å². The van der Waals surface area contributed by atoms with E-state index in [0.717, 1.165) is 25.9 Å². The Labute approximate surface area is 81.3 Å². The van der Waals surface area contributed by atoms with Crippen molar-refractivity contribution in [2.75, 3.05) is 6.61 Å². The van der Waals surface area contributed by atoms with Gasteiger partial charge in [0.25, 0.3) is 0 Å². The quantitative estimate of drug-likeness (QED) is 0.729. The molecule has 1 saturated heterocycles. The first-order valence-electron chi connectivity index (χ1n) is 5.44. The van der Waals surface area contributed by atoms with Crippen LogP contribution in [0.15, 0.2) is 0 Å². The van der Waals surface area contributed by atoms with E-state index in [1.807, 2.05) is 0 Å². The molecule has 2 heteroatoms. The highest BCUT2D eigenvalue weighted by Gasteiger charge is 2.32. The molecule has 0 amide bonds. The smallest absolute Gasteiger partial charge is 0.0626 e. The van der Waals surface area contributed by atoms with Crippen LogP contribution in [0.5, 0.6) is 0 Å². The van der Waals surface area contributed by atoms with Gasteiger partial charge in [-0.25, -0.2) is 0 Å². The van der Waals surface area contributed by atoms with Crippen LogP contribution >= 0.6 is 0 Å². The van der Waals surface area contributed by atoms with E-state index >= 15 is 0 Å². The number of rotatable bonds is 4. The van der Waals surface area contributed by atoms with Crippen LogP contribution in [0.4, 0.5) is 0 Å². The SMILES string of the molecule is CCC1OCCC1C(O)CC(C)C. The highest BCUT2D eigenvalue weighted by Crippen LogP contribution is 2.29. The summed E-state index contributed by atoms with van der Waals surface area (Å²) in [5.74, 6) is 0.959. The van der Waals surface area contributed by atoms with Gasteiger partial charge in [-0.15, -0.1) is 0 Å². The molecule has 0 radical (unpaired) electrons. The van der Waals surface area contributed by atoms with Gasteiger partial charge < -0.3 is 9.84 Å². The van der Waals surface area contributed by atoms with E-state index in [1.165, 1.54) is 0 Å². The van der Waals surface area contributed by atoms with Crippen LogP contribution in [-0.4, -0.2) is 23.9 Å². The molecule has 3 atom stereocenters. The number of aliphatic hydroxyl groups excluding tert-OH is 1. The second-order valence-electron chi connectivity index (χ2n) is 4.47. The van der Waals surface area contributed by atoms with Crippen molar-refractivity contribution in [1.82, 2.24) is 0 Å². The molecule has 1 heterocycles. The molecule has 1 aliphatic heterocycles. The summed E-state index contributed by atoms with van der Waals surface area (Å²) in [5, 5.41) is 9.94. The molecular formula is C11H22O2. The van der Waals surface area contributed by atoms with E-state index in [4.69, 9.17) is 4.74 Å². The summed E-state index contributed by atoms with van der Waals surface area (Å²) in [7, 11) is 0. The summed E-state index contributed by atoms with van der Waals surface area (Å²) < 4.78 is 5.56. The molecule has 0 saturated carbocycles. The lowest BCUT2D eigenvalue weighted by molar-refractivity contribution is 0.0226. The summed E-state index contributed by atoms with van der Waals surface area (Å²) >= 11 is 0. The standard InChI is InChI=1S/C11H22O2/c1-4-11-9(5-6-13-11)10(12)7-8(2)3/h8-12H,4-7H2,1-3H3. The van der Waals surface area contributed by atoms with Gasteiger partial charge in [0.1, 0.15) is 0 Å². The largest absolute Gasteiger partial charge is 0.393 e. The van der Waals surface area contributed by atoms with E-state index < -0.39 is 0 Å². The second-order valence-corrected chi connectivity index (χ2v) is 4.47. The maximum Gasteiger partial charge on any atom is 0.0626 e. The Morgan fingerprint density at radius 1 is 1.46 bits per heavy atom. The zero-order valence-electron chi connectivity index (χ0n) is 8.99. The van der Waals surface area contributed by atoms with Gasteiger partial charge in [-0.3, -0.25) is 0 Å². The number of ether oxygens (including phenoxy) is 1. The lowest BCUT2D eigenvalue weighted by Gasteiger charge is -2.23. The summed E-state index contributed by atoms with van der Waals surface area (Å²) in [6.45, 7) is 7.27. The first kappa shape index (κ1) is 11.0. The molecule has 1 rings (SSSR count). The van der Waals surface area contributed by atoms with Gasteiger partial charge in [0.05, 0.1) is 12.2 Å². The molecule has 1 fully saturated rings. The predicted molar refractivity (Wildman–Crippen MR) is 53.6 cm³/mol. The normalized spacial score (nSPS) is 31.2. The average Bonchev–Trinajstić information content (AvgIpc) is 2.49. The highest BCUT2D eigenvalue weighted by atomic mass is 16.5. The average molecular weight is 186 g/mol. The summed E-state index contributed by atoms with van der Waals surface area (Å²) in [4.78, 5) is 0. The van der Waals surface area contributed by atoms with Crippen molar-refractivity contribution < 1.29 is 9.84 Å². The van der Waals surface area contributed by atoms with Crippen LogP contribution in [0.2, 0.25) is 0 Å². The fraction of sp³-hybridized carbons (Fsp3) is 1.00. The van der Waals surface area contributed by atoms with Crippen molar-refractivity contribution in [3.05, 3.63) is 0 Å². The van der Waals surface area contributed by atoms with Gasteiger partial charge in [-0.1, -0.05) is 20.8 Å². The molecule has 0 bridgehead atoms. The number of hydrogen-bond donors (Lipinski definition) is 1. The Hall–Kier alpha value is -0.0800. The van der Waals surface area contributed by atoms with E-state index in [0.29, 0.717) is 17.9 Å². The fourth-order valence-electron chi connectivity index (χ4n) is 2.18. The molecule has 13 heavy (non-hydrogen) atoms. The Bertz CT molecular complexity index is 145. The third kappa shape index (κ3) is 2.96. The van der Waals surface area contributed by atoms with E-state index in [2.05, 4.69) is 20.8 Å². The Kier molecular flexibility index (Phi) is 4.20. The first-order chi connectivity index (χ1) is 6.15. The molecule has 2 nitrogen and oxygen atoms in total. The Balaban J connectivity index is 2.40. The maximum absolute atomic E-state index is 9.94. The summed E-state index contributed by atoms with van der Waals surface area (Å²) in [6.07, 6.45) is 3.11. The molecule has 78 valence electrons. The minimum atomic E-state index is -0.160. The van der Waals surface area contributed by atoms with Crippen LogP contribution in [0.25, 0.3) is 0 Å². The van der Waals surface area contributed by atoms with Gasteiger partial charge in [0.15, 0.2) is 0 Å². The molecular weight excluding hydrogens is 164 g/mol. The van der Waals surface area contributed by atoms with Crippen molar-refractivity contribution in [2.24, 2.45) is 11.8 Å². The molecule has 0 spiro atoms. The molecule has 3 unspecified atom stereocenters. The number of aliphatic hydroxyl groups is 1. The van der Waals surface area contributed by atoms with E-state index in [-0.39, 0.29) is 6.10 Å². The highest BCUT2D eigenvalue weighted by molar-refractivity contribution is 4.81. The van der Waals surface area contributed by atoms with Gasteiger partial charge in [-0.2, -0.15) is 0 Å². The van der Waals surface area contributed by atoms with Crippen molar-refractivity contribution in [3.8, 4) is 0 Å². The second kappa shape index (κ2) is 4.97. The zero-order valence-corrected chi connectivity index (χ0v) is 8.99. The van der Waals surface area contributed by atoms with Crippen LogP contribution in [0.3, 0.4) is 0 Å². The lowest BCUT2D eigenvalue weighted by atomic mass is 9.88. The monoisotopic (exact) mass is 186 g/mol. The minimum Gasteiger partial charge on any atom is -0.393 e. The Morgan fingerprint density at radius 2 is 2.15 bits per heavy atom. The lowest BCUT2D eigenvalue weighted by Crippen LogP contribution is -2.28. The number of hydrogen-bond acceptors (Lipinski definition) is 2. The van der Waals surface area contributed by atoms with E-state index in [1.54, 1.807) is 0 Å². The predicted octanol–water partition coefficient (Wildman–Crippen LogP) is 2.21. The van der Waals surface area contributed by atoms with Crippen molar-refractivity contribution >= 4 is 0 Å². The molecule has 0 aromatic rings. The van der Waals surface area contributed by atoms with Crippen molar-refractivity contribution in [1.29, 1.82) is 0 Å². The van der Waals surface area contributed by atoms with Gasteiger partial charge >= 0.3 is 0 Å². The molecule has 0 aromatic heterocycles. The van der Waals surface area contributed by atoms with Gasteiger partial charge in [0.2, 0.25) is 0 Å². The third-order valence-electron chi connectivity index (χ3n) is 2.87. The topological polar surface area (TPSA) is 29.5 Å². The molecule has 0 aliphatic carbocycles. The van der Waals surface area contributed by atoms with Crippen LogP contribution in [0, 0.1) is 11.8 Å². The summed E-state index contributed by atoms with van der Waals surface area (Å²) in [6, 6.07) is 0. The van der Waals surface area contributed by atoms with Crippen molar-refractivity contribution in [2.45, 2.75) is 52.2 Å². The maximum atomic E-state index is 9.94. The fourth-order valence-corrected chi connectivity index (χ4v) is 2.18. The Morgan fingerprint density at radius 3 is 2.69 bits per heavy atom. The molecule has 1 N–H and O–H groups in total. The van der Waals surface area contributed by atoms with Gasteiger partial charge in [-0.05, 0) is 25.2 Å². The molecule has 1 aliphatic rings. The first-order valence-corrected chi connectivity index (χ1v) is 5.44. The third-order valence-corrected chi connectivity index (χ3v) is 2.87. The van der Waals surface area contributed by atoms with Crippen LogP contribution in [-0.2, 0) is 4.74 Å². The van der Waals surface area contributed by atoms with E-state index in [9.17, 15) is 5.11 Å².